The second kappa shape index (κ2) is 9.39. The first-order chi connectivity index (χ1) is 12.6. The molecule has 3 rings (SSSR count). The van der Waals surface area contributed by atoms with E-state index in [4.69, 9.17) is 9.47 Å². The summed E-state index contributed by atoms with van der Waals surface area (Å²) in [6, 6.07) is 3.60. The molecule has 0 unspecified atom stereocenters. The summed E-state index contributed by atoms with van der Waals surface area (Å²) in [6.07, 6.45) is 2.51. The van der Waals surface area contributed by atoms with E-state index in [0.717, 1.165) is 12.8 Å². The summed E-state index contributed by atoms with van der Waals surface area (Å²) in [7, 11) is 0. The minimum Gasteiger partial charge on any atom is -0.350 e. The average Bonchev–Trinajstić information content (AvgIpc) is 3.38. The highest BCUT2D eigenvalue weighted by molar-refractivity contribution is 7.12. The van der Waals surface area contributed by atoms with Gasteiger partial charge in [0.25, 0.3) is 0 Å². The van der Waals surface area contributed by atoms with Gasteiger partial charge in [-0.15, -0.1) is 11.3 Å². The molecule has 0 bridgehead atoms. The predicted molar refractivity (Wildman–Crippen MR) is 97.1 cm³/mol. The van der Waals surface area contributed by atoms with Gasteiger partial charge in [0.1, 0.15) is 5.78 Å². The Morgan fingerprint density at radius 1 is 1.04 bits per heavy atom. The molecule has 26 heavy (non-hydrogen) atoms. The minimum atomic E-state index is -0.116. The highest BCUT2D eigenvalue weighted by Crippen LogP contribution is 2.26. The largest absolute Gasteiger partial charge is 0.350 e. The lowest BCUT2D eigenvalue weighted by Crippen LogP contribution is -2.41. The zero-order chi connectivity index (χ0) is 18.4. The van der Waals surface area contributed by atoms with Crippen molar-refractivity contribution in [2.45, 2.75) is 44.8 Å². The summed E-state index contributed by atoms with van der Waals surface area (Å²) < 4.78 is 11.1. The van der Waals surface area contributed by atoms with E-state index >= 15 is 0 Å². The maximum atomic E-state index is 12.3. The van der Waals surface area contributed by atoms with Gasteiger partial charge in [-0.2, -0.15) is 0 Å². The molecule has 0 N–H and O–H groups in total. The van der Waals surface area contributed by atoms with Crippen LogP contribution in [0.25, 0.3) is 0 Å². The highest BCUT2D eigenvalue weighted by Gasteiger charge is 2.31. The van der Waals surface area contributed by atoms with Crippen molar-refractivity contribution in [3.05, 3.63) is 22.4 Å². The molecular weight excluding hydrogens is 354 g/mol. The Kier molecular flexibility index (Phi) is 6.93. The van der Waals surface area contributed by atoms with Crippen LogP contribution in [-0.4, -0.2) is 55.0 Å². The molecule has 2 aliphatic rings. The molecule has 0 atom stereocenters. The number of hydrogen-bond donors (Lipinski definition) is 0. The number of piperidine rings is 1. The summed E-state index contributed by atoms with van der Waals surface area (Å²) in [4.78, 5) is 38.7. The second-order valence-corrected chi connectivity index (χ2v) is 7.72. The number of hydrogen-bond acceptors (Lipinski definition) is 6. The average molecular weight is 379 g/mol. The van der Waals surface area contributed by atoms with Gasteiger partial charge >= 0.3 is 0 Å². The fourth-order valence-corrected chi connectivity index (χ4v) is 4.11. The first-order valence-corrected chi connectivity index (χ1v) is 10.1. The van der Waals surface area contributed by atoms with Gasteiger partial charge in [0.2, 0.25) is 5.91 Å². The van der Waals surface area contributed by atoms with Gasteiger partial charge in [0.05, 0.1) is 18.1 Å². The zero-order valence-corrected chi connectivity index (χ0v) is 15.7. The standard InChI is InChI=1S/C19H25NO5S/c21-15(3-5-16(22)17-2-1-13-26-17)4-6-18(23)20-9-7-14(8-10-20)19-24-11-12-25-19/h1-2,13-14,19H,3-12H2. The third kappa shape index (κ3) is 5.22. The summed E-state index contributed by atoms with van der Waals surface area (Å²) in [5.74, 6) is 0.352. The van der Waals surface area contributed by atoms with Crippen molar-refractivity contribution in [3.8, 4) is 0 Å². The quantitative estimate of drug-likeness (QED) is 0.649. The predicted octanol–water partition coefficient (Wildman–Crippen LogP) is 2.67. The number of nitrogens with zero attached hydrogens (tertiary/aromatic N) is 1. The number of ether oxygens (including phenoxy) is 2. The summed E-state index contributed by atoms with van der Waals surface area (Å²) in [5.41, 5.74) is 0. The van der Waals surface area contributed by atoms with Gasteiger partial charge in [-0.05, 0) is 24.3 Å². The molecule has 6 nitrogen and oxygen atoms in total. The molecule has 2 saturated heterocycles. The molecule has 3 heterocycles. The maximum Gasteiger partial charge on any atom is 0.223 e. The van der Waals surface area contributed by atoms with Crippen LogP contribution in [-0.2, 0) is 19.1 Å². The lowest BCUT2D eigenvalue weighted by molar-refractivity contribution is -0.138. The maximum absolute atomic E-state index is 12.3. The Balaban J connectivity index is 1.32. The number of carbonyl (C=O) groups is 3. The molecule has 0 aromatic carbocycles. The number of amides is 1. The Morgan fingerprint density at radius 3 is 2.38 bits per heavy atom. The molecule has 142 valence electrons. The number of likely N-dealkylation sites (tertiary alicyclic amines) is 1. The van der Waals surface area contributed by atoms with Crippen molar-refractivity contribution in [2.24, 2.45) is 5.92 Å². The topological polar surface area (TPSA) is 72.9 Å². The van der Waals surface area contributed by atoms with Crippen molar-refractivity contribution in [2.75, 3.05) is 26.3 Å². The van der Waals surface area contributed by atoms with Crippen LogP contribution in [0.5, 0.6) is 0 Å². The van der Waals surface area contributed by atoms with Gasteiger partial charge in [-0.1, -0.05) is 6.07 Å². The summed E-state index contributed by atoms with van der Waals surface area (Å²) in [5, 5.41) is 1.85. The summed E-state index contributed by atoms with van der Waals surface area (Å²) in [6.45, 7) is 2.69. The third-order valence-corrected chi connectivity index (χ3v) is 5.88. The molecule has 0 radical (unpaired) electrons. The van der Waals surface area contributed by atoms with E-state index in [1.54, 1.807) is 6.07 Å². The van der Waals surface area contributed by atoms with Crippen LogP contribution < -0.4 is 0 Å². The number of thiophene rings is 1. The molecule has 7 heteroatoms. The second-order valence-electron chi connectivity index (χ2n) is 6.77. The lowest BCUT2D eigenvalue weighted by atomic mass is 9.95. The third-order valence-electron chi connectivity index (χ3n) is 4.97. The molecule has 1 amide bonds. The van der Waals surface area contributed by atoms with E-state index in [2.05, 4.69) is 0 Å². The van der Waals surface area contributed by atoms with Crippen molar-refractivity contribution in [3.63, 3.8) is 0 Å². The molecule has 1 aromatic rings. The van der Waals surface area contributed by atoms with E-state index in [9.17, 15) is 14.4 Å². The van der Waals surface area contributed by atoms with Crippen LogP contribution in [0.4, 0.5) is 0 Å². The van der Waals surface area contributed by atoms with Gasteiger partial charge in [-0.3, -0.25) is 14.4 Å². The molecule has 2 aliphatic heterocycles. The number of ketones is 2. The van der Waals surface area contributed by atoms with E-state index in [1.807, 2.05) is 16.3 Å². The van der Waals surface area contributed by atoms with E-state index < -0.39 is 0 Å². The fraction of sp³-hybridized carbons (Fsp3) is 0.632. The van der Waals surface area contributed by atoms with Gasteiger partial charge in [0, 0.05) is 44.7 Å². The Morgan fingerprint density at radius 2 is 1.73 bits per heavy atom. The van der Waals surface area contributed by atoms with Crippen LogP contribution in [0.15, 0.2) is 17.5 Å². The highest BCUT2D eigenvalue weighted by atomic mass is 32.1. The molecule has 0 saturated carbocycles. The monoisotopic (exact) mass is 379 g/mol. The molecular formula is C19H25NO5S. The molecule has 1 aromatic heterocycles. The van der Waals surface area contributed by atoms with Crippen LogP contribution >= 0.6 is 11.3 Å². The van der Waals surface area contributed by atoms with Crippen molar-refractivity contribution in [1.29, 1.82) is 0 Å². The molecule has 0 aliphatic carbocycles. The first kappa shape index (κ1) is 19.2. The minimum absolute atomic E-state index is 0.00176. The molecule has 2 fully saturated rings. The Labute approximate surface area is 157 Å². The normalized spacial score (nSPS) is 19.0. The number of Topliss-reactive ketones (excluding diaryl/α,β-unsaturated/α-hetero) is 2. The summed E-state index contributed by atoms with van der Waals surface area (Å²) >= 11 is 1.39. The van der Waals surface area contributed by atoms with Crippen molar-refractivity contribution < 1.29 is 23.9 Å². The van der Waals surface area contributed by atoms with Crippen molar-refractivity contribution >= 4 is 28.8 Å². The van der Waals surface area contributed by atoms with E-state index in [1.165, 1.54) is 11.3 Å². The number of rotatable bonds is 8. The Bertz CT molecular complexity index is 616. The number of carbonyl (C=O) groups excluding carboxylic acids is 3. The van der Waals surface area contributed by atoms with Gasteiger partial charge in [-0.25, -0.2) is 0 Å². The SMILES string of the molecule is O=C(CCC(=O)c1cccs1)CCC(=O)N1CCC(C2OCCO2)CC1. The lowest BCUT2D eigenvalue weighted by Gasteiger charge is -2.33. The van der Waals surface area contributed by atoms with E-state index in [-0.39, 0.29) is 49.4 Å². The van der Waals surface area contributed by atoms with Crippen LogP contribution in [0.3, 0.4) is 0 Å². The molecule has 0 spiro atoms. The zero-order valence-electron chi connectivity index (χ0n) is 14.9. The van der Waals surface area contributed by atoms with Gasteiger partial charge < -0.3 is 14.4 Å². The van der Waals surface area contributed by atoms with Crippen LogP contribution in [0.1, 0.15) is 48.2 Å². The Hall–Kier alpha value is -1.57. The van der Waals surface area contributed by atoms with E-state index in [0.29, 0.717) is 37.1 Å². The van der Waals surface area contributed by atoms with Crippen molar-refractivity contribution in [1.82, 2.24) is 4.90 Å². The van der Waals surface area contributed by atoms with Crippen LogP contribution in [0, 0.1) is 5.92 Å². The smallest absolute Gasteiger partial charge is 0.223 e. The fourth-order valence-electron chi connectivity index (χ4n) is 3.41. The van der Waals surface area contributed by atoms with Gasteiger partial charge in [0.15, 0.2) is 12.1 Å². The first-order valence-electron chi connectivity index (χ1n) is 9.23. The van der Waals surface area contributed by atoms with Crippen LogP contribution in [0.2, 0.25) is 0 Å².